The number of hydrogen-bond acceptors (Lipinski definition) is 7. The van der Waals surface area contributed by atoms with Crippen LogP contribution in [0.25, 0.3) is 0 Å². The molecule has 0 unspecified atom stereocenters. The van der Waals surface area contributed by atoms with E-state index in [0.29, 0.717) is 5.02 Å². The summed E-state index contributed by atoms with van der Waals surface area (Å²) >= 11 is 37.8. The molecule has 0 saturated carbocycles. The Labute approximate surface area is 208 Å². The molecule has 3 N–H and O–H groups in total. The van der Waals surface area contributed by atoms with Gasteiger partial charge in [-0.15, -0.1) is 10.2 Å². The Bertz CT molecular complexity index is 1120. The molecule has 0 aliphatic rings. The number of aromatic nitrogens is 6. The van der Waals surface area contributed by atoms with Gasteiger partial charge in [-0.2, -0.15) is 10.2 Å². The summed E-state index contributed by atoms with van der Waals surface area (Å²) in [7, 11) is 0. The van der Waals surface area contributed by atoms with Crippen molar-refractivity contribution in [1.82, 2.24) is 30.6 Å². The van der Waals surface area contributed by atoms with E-state index in [-0.39, 0.29) is 36.2 Å². The highest BCUT2D eigenvalue weighted by Gasteiger charge is 1.98. The summed E-state index contributed by atoms with van der Waals surface area (Å²) in [5.74, 6) is -0.833. The molecule has 0 aliphatic heterocycles. The standard InChI is InChI=1S/C4HCl3N2.2C4H2Cl2N2O.C2H4O2/c5-2-1-3(6)8-9-4(2)7;5-2-1-3(9)7-8-4(2)6;5-2-1-3(6)7-8-4(2)9;1-2(3)4/h1H;1H,(H,7,9);1H,(H,8,9);1H3,(H,3,4). The number of H-pyrrole nitrogens is 2. The van der Waals surface area contributed by atoms with Crippen LogP contribution in [0.1, 0.15) is 6.92 Å². The molecule has 0 spiro atoms. The Kier molecular flexibility index (Phi) is 14.4. The lowest BCUT2D eigenvalue weighted by molar-refractivity contribution is -0.134. The lowest BCUT2D eigenvalue weighted by atomic mass is 10.6. The fraction of sp³-hybridized carbons (Fsp3) is 0.0714. The predicted octanol–water partition coefficient (Wildman–Crippen LogP) is 4.68. The van der Waals surface area contributed by atoms with Crippen molar-refractivity contribution in [2.75, 3.05) is 0 Å². The van der Waals surface area contributed by atoms with E-state index in [9.17, 15) is 9.59 Å². The fourth-order valence-electron chi connectivity index (χ4n) is 1.06. The largest absolute Gasteiger partial charge is 0.481 e. The first kappa shape index (κ1) is 29.3. The first-order chi connectivity index (χ1) is 14.3. The lowest BCUT2D eigenvalue weighted by Gasteiger charge is -1.90. The summed E-state index contributed by atoms with van der Waals surface area (Å²) in [6.07, 6.45) is 0. The molecular formula is C14H9Cl7N6O4. The zero-order chi connectivity index (χ0) is 24.1. The van der Waals surface area contributed by atoms with Gasteiger partial charge < -0.3 is 5.11 Å². The maximum atomic E-state index is 10.5. The highest BCUT2D eigenvalue weighted by molar-refractivity contribution is 6.42. The highest BCUT2D eigenvalue weighted by Crippen LogP contribution is 2.19. The molecule has 0 aliphatic carbocycles. The number of nitrogens with one attached hydrogen (secondary N) is 2. The zero-order valence-corrected chi connectivity index (χ0v) is 20.1. The smallest absolute Gasteiger partial charge is 0.300 e. The normalized spacial score (nSPS) is 9.16. The Balaban J connectivity index is 0.000000402. The lowest BCUT2D eigenvalue weighted by Crippen LogP contribution is -2.06. The van der Waals surface area contributed by atoms with Gasteiger partial charge >= 0.3 is 0 Å². The first-order valence-electron chi connectivity index (χ1n) is 7.18. The summed E-state index contributed by atoms with van der Waals surface area (Å²) in [4.78, 5) is 29.8. The number of halogens is 7. The van der Waals surface area contributed by atoms with Gasteiger partial charge in [-0.05, 0) is 6.07 Å². The molecule has 168 valence electrons. The number of carboxylic acid groups (broad SMARTS) is 1. The number of aliphatic carboxylic acids is 1. The minimum atomic E-state index is -0.833. The Hall–Kier alpha value is -1.66. The second-order valence-electron chi connectivity index (χ2n) is 4.56. The van der Waals surface area contributed by atoms with E-state index in [1.807, 2.05) is 0 Å². The molecule has 0 aromatic carbocycles. The third kappa shape index (κ3) is 14.1. The van der Waals surface area contributed by atoms with Crippen LogP contribution in [0, 0.1) is 0 Å². The van der Waals surface area contributed by atoms with Crippen LogP contribution in [-0.4, -0.2) is 41.7 Å². The van der Waals surface area contributed by atoms with Gasteiger partial charge in [0.1, 0.15) is 5.02 Å². The summed E-state index contributed by atoms with van der Waals surface area (Å²) in [5.41, 5.74) is -0.787. The third-order valence-corrected chi connectivity index (χ3v) is 4.12. The summed E-state index contributed by atoms with van der Waals surface area (Å²) in [6, 6.07) is 3.87. The van der Waals surface area contributed by atoms with Crippen molar-refractivity contribution in [1.29, 1.82) is 0 Å². The number of hydrogen-bond donors (Lipinski definition) is 3. The van der Waals surface area contributed by atoms with Crippen molar-refractivity contribution in [2.24, 2.45) is 0 Å². The van der Waals surface area contributed by atoms with Crippen LogP contribution < -0.4 is 11.1 Å². The summed E-state index contributed by atoms with van der Waals surface area (Å²) < 4.78 is 0. The zero-order valence-electron chi connectivity index (χ0n) is 14.8. The van der Waals surface area contributed by atoms with E-state index in [1.165, 1.54) is 12.1 Å². The molecule has 0 bridgehead atoms. The molecular weight excluding hydrogens is 564 g/mol. The van der Waals surface area contributed by atoms with Crippen molar-refractivity contribution >= 4 is 87.2 Å². The van der Waals surface area contributed by atoms with Crippen LogP contribution in [0.2, 0.25) is 35.7 Å². The van der Waals surface area contributed by atoms with Gasteiger partial charge in [-0.3, -0.25) is 14.4 Å². The minimum Gasteiger partial charge on any atom is -0.481 e. The van der Waals surface area contributed by atoms with Crippen LogP contribution in [0.3, 0.4) is 0 Å². The summed E-state index contributed by atoms with van der Waals surface area (Å²) in [5, 5.41) is 26.5. The van der Waals surface area contributed by atoms with Crippen molar-refractivity contribution in [3.05, 3.63) is 74.6 Å². The first-order valence-corrected chi connectivity index (χ1v) is 9.83. The second kappa shape index (κ2) is 15.2. The van der Waals surface area contributed by atoms with E-state index < -0.39 is 11.5 Å². The molecule has 0 fully saturated rings. The van der Waals surface area contributed by atoms with Crippen molar-refractivity contribution in [3.63, 3.8) is 0 Å². The van der Waals surface area contributed by atoms with Crippen molar-refractivity contribution in [3.8, 4) is 0 Å². The third-order valence-electron chi connectivity index (χ3n) is 2.12. The Morgan fingerprint density at radius 2 is 1.29 bits per heavy atom. The van der Waals surface area contributed by atoms with E-state index in [2.05, 4.69) is 30.6 Å². The van der Waals surface area contributed by atoms with Gasteiger partial charge in [0.05, 0.1) is 10.0 Å². The van der Waals surface area contributed by atoms with Crippen molar-refractivity contribution in [2.45, 2.75) is 6.92 Å². The SMILES string of the molecule is CC(=O)O.Clc1cc(Cl)c(Cl)nn1.O=c1[nH]nc(Cl)cc1Cl.O=c1cc(Cl)c(Cl)n[nH]1. The predicted molar refractivity (Wildman–Crippen MR) is 120 cm³/mol. The molecule has 3 aromatic heterocycles. The number of carbonyl (C=O) groups is 1. The quantitative estimate of drug-likeness (QED) is 0.350. The van der Waals surface area contributed by atoms with Crippen LogP contribution in [-0.2, 0) is 4.79 Å². The van der Waals surface area contributed by atoms with Gasteiger partial charge in [0.15, 0.2) is 20.6 Å². The average Bonchev–Trinajstić information content (AvgIpc) is 2.66. The molecule has 3 rings (SSSR count). The Morgan fingerprint density at radius 1 is 0.774 bits per heavy atom. The van der Waals surface area contributed by atoms with Crippen molar-refractivity contribution < 1.29 is 9.90 Å². The van der Waals surface area contributed by atoms with Gasteiger partial charge in [-0.1, -0.05) is 81.2 Å². The van der Waals surface area contributed by atoms with Gasteiger partial charge in [0, 0.05) is 19.1 Å². The monoisotopic (exact) mass is 570 g/mol. The molecule has 0 saturated heterocycles. The Morgan fingerprint density at radius 3 is 1.68 bits per heavy atom. The molecule has 0 radical (unpaired) electrons. The van der Waals surface area contributed by atoms with Crippen LogP contribution in [0.4, 0.5) is 0 Å². The minimum absolute atomic E-state index is 0.0509. The van der Waals surface area contributed by atoms with Crippen LogP contribution in [0.15, 0.2) is 27.8 Å². The molecule has 0 amide bonds. The molecule has 17 heteroatoms. The topological polar surface area (TPSA) is 155 Å². The number of rotatable bonds is 0. The molecule has 3 heterocycles. The number of carboxylic acids is 1. The van der Waals surface area contributed by atoms with Gasteiger partial charge in [0.2, 0.25) is 0 Å². The maximum Gasteiger partial charge on any atom is 0.300 e. The van der Waals surface area contributed by atoms with Crippen LogP contribution in [0.5, 0.6) is 0 Å². The summed E-state index contributed by atoms with van der Waals surface area (Å²) in [6.45, 7) is 1.08. The van der Waals surface area contributed by atoms with Crippen LogP contribution >= 0.6 is 81.2 Å². The van der Waals surface area contributed by atoms with E-state index in [0.717, 1.165) is 13.0 Å². The van der Waals surface area contributed by atoms with Gasteiger partial charge in [-0.25, -0.2) is 10.2 Å². The van der Waals surface area contributed by atoms with E-state index >= 15 is 0 Å². The highest BCUT2D eigenvalue weighted by atomic mass is 35.5. The molecule has 31 heavy (non-hydrogen) atoms. The molecule has 10 nitrogen and oxygen atoms in total. The molecule has 0 atom stereocenters. The number of nitrogens with zero attached hydrogens (tertiary/aromatic N) is 4. The maximum absolute atomic E-state index is 10.5. The molecule has 3 aromatic rings. The average molecular weight is 573 g/mol. The second-order valence-corrected chi connectivity index (χ2v) is 7.28. The fourth-order valence-corrected chi connectivity index (χ4v) is 2.08. The number of aromatic amines is 2. The van der Waals surface area contributed by atoms with Gasteiger partial charge in [0.25, 0.3) is 17.1 Å². The van der Waals surface area contributed by atoms with E-state index in [1.54, 1.807) is 0 Å². The van der Waals surface area contributed by atoms with E-state index in [4.69, 9.17) is 91.1 Å².